The van der Waals surface area contributed by atoms with Crippen molar-refractivity contribution in [2.75, 3.05) is 28.4 Å². The van der Waals surface area contributed by atoms with E-state index in [0.717, 1.165) is 39.3 Å². The summed E-state index contributed by atoms with van der Waals surface area (Å²) in [6.07, 6.45) is 2.56. The molecule has 0 fully saturated rings. The summed E-state index contributed by atoms with van der Waals surface area (Å²) >= 11 is 0. The van der Waals surface area contributed by atoms with E-state index >= 15 is 0 Å². The number of aromatic amines is 1. The number of methoxy groups -OCH3 is 4. The van der Waals surface area contributed by atoms with Crippen LogP contribution in [0.25, 0.3) is 22.4 Å². The molecule has 134 valence electrons. The normalized spacial score (nSPS) is 11.7. The standard InChI is InChI=1S/C20H20N2O4/c1-23-13-5-6-14-15(9-13)18-12(10-21-22-18)7-11-8-16(24-2)19(25-3)20(26-4)17(11)14/h5-6,8-10H,7H2,1-4H3,(H,21,22). The van der Waals surface area contributed by atoms with Crippen LogP contribution in [0.3, 0.4) is 0 Å². The Morgan fingerprint density at radius 1 is 0.846 bits per heavy atom. The van der Waals surface area contributed by atoms with E-state index in [1.54, 1.807) is 28.4 Å². The van der Waals surface area contributed by atoms with Gasteiger partial charge in [0.05, 0.1) is 40.3 Å². The molecule has 0 atom stereocenters. The zero-order valence-corrected chi connectivity index (χ0v) is 15.2. The van der Waals surface area contributed by atoms with Gasteiger partial charge < -0.3 is 18.9 Å². The molecule has 1 heterocycles. The summed E-state index contributed by atoms with van der Waals surface area (Å²) in [6.45, 7) is 0. The third-order valence-electron chi connectivity index (χ3n) is 4.78. The number of nitrogens with one attached hydrogen (secondary N) is 1. The van der Waals surface area contributed by atoms with Gasteiger partial charge in [-0.25, -0.2) is 0 Å². The molecule has 0 saturated carbocycles. The van der Waals surface area contributed by atoms with E-state index in [2.05, 4.69) is 10.2 Å². The fourth-order valence-corrected chi connectivity index (χ4v) is 3.60. The number of ether oxygens (including phenoxy) is 4. The van der Waals surface area contributed by atoms with Gasteiger partial charge >= 0.3 is 0 Å². The predicted octanol–water partition coefficient (Wildman–Crippen LogP) is 3.68. The molecular weight excluding hydrogens is 332 g/mol. The topological polar surface area (TPSA) is 65.6 Å². The highest BCUT2D eigenvalue weighted by molar-refractivity contribution is 5.92. The highest BCUT2D eigenvalue weighted by atomic mass is 16.5. The molecule has 0 aliphatic heterocycles. The number of hydrogen-bond acceptors (Lipinski definition) is 5. The first-order valence-electron chi connectivity index (χ1n) is 8.24. The lowest BCUT2D eigenvalue weighted by Crippen LogP contribution is -2.01. The van der Waals surface area contributed by atoms with Gasteiger partial charge in [0.25, 0.3) is 0 Å². The molecule has 1 aliphatic carbocycles. The number of aromatic nitrogens is 2. The minimum Gasteiger partial charge on any atom is -0.497 e. The number of benzene rings is 2. The van der Waals surface area contributed by atoms with E-state index in [1.807, 2.05) is 30.5 Å². The van der Waals surface area contributed by atoms with Crippen molar-refractivity contribution in [1.29, 1.82) is 0 Å². The quantitative estimate of drug-likeness (QED) is 0.607. The predicted molar refractivity (Wildman–Crippen MR) is 98.5 cm³/mol. The molecule has 4 rings (SSSR count). The Labute approximate surface area is 151 Å². The largest absolute Gasteiger partial charge is 0.497 e. The van der Waals surface area contributed by atoms with Crippen molar-refractivity contribution in [2.45, 2.75) is 6.42 Å². The van der Waals surface area contributed by atoms with Crippen molar-refractivity contribution in [1.82, 2.24) is 10.2 Å². The smallest absolute Gasteiger partial charge is 0.203 e. The van der Waals surface area contributed by atoms with Crippen LogP contribution in [0.5, 0.6) is 23.0 Å². The maximum atomic E-state index is 5.76. The monoisotopic (exact) mass is 352 g/mol. The van der Waals surface area contributed by atoms with Gasteiger partial charge in [-0.05, 0) is 35.4 Å². The fourth-order valence-electron chi connectivity index (χ4n) is 3.60. The molecule has 26 heavy (non-hydrogen) atoms. The third-order valence-corrected chi connectivity index (χ3v) is 4.78. The second-order valence-electron chi connectivity index (χ2n) is 6.04. The second kappa shape index (κ2) is 6.29. The van der Waals surface area contributed by atoms with Crippen LogP contribution in [0.2, 0.25) is 0 Å². The summed E-state index contributed by atoms with van der Waals surface area (Å²) in [5.41, 5.74) is 6.21. The van der Waals surface area contributed by atoms with E-state index in [9.17, 15) is 0 Å². The average Bonchev–Trinajstić information content (AvgIpc) is 3.09. The lowest BCUT2D eigenvalue weighted by atomic mass is 9.94. The molecule has 1 aromatic heterocycles. The van der Waals surface area contributed by atoms with Gasteiger partial charge in [0.2, 0.25) is 5.75 Å². The molecule has 0 amide bonds. The first kappa shape index (κ1) is 16.3. The Kier molecular flexibility index (Phi) is 3.95. The van der Waals surface area contributed by atoms with E-state index in [0.29, 0.717) is 23.7 Å². The van der Waals surface area contributed by atoms with Crippen molar-refractivity contribution < 1.29 is 18.9 Å². The Bertz CT molecular complexity index is 978. The van der Waals surface area contributed by atoms with Gasteiger partial charge in [0.15, 0.2) is 11.5 Å². The highest BCUT2D eigenvalue weighted by Gasteiger charge is 2.28. The highest BCUT2D eigenvalue weighted by Crippen LogP contribution is 2.51. The fraction of sp³-hybridized carbons (Fsp3) is 0.250. The summed E-state index contributed by atoms with van der Waals surface area (Å²) in [7, 11) is 6.55. The van der Waals surface area contributed by atoms with Crippen molar-refractivity contribution in [3.05, 3.63) is 41.6 Å². The number of H-pyrrole nitrogens is 1. The van der Waals surface area contributed by atoms with E-state index in [-0.39, 0.29) is 0 Å². The molecule has 0 bridgehead atoms. The Balaban J connectivity index is 2.11. The van der Waals surface area contributed by atoms with Crippen molar-refractivity contribution >= 4 is 0 Å². The summed E-state index contributed by atoms with van der Waals surface area (Å²) < 4.78 is 22.3. The van der Waals surface area contributed by atoms with Crippen molar-refractivity contribution in [3.8, 4) is 45.4 Å². The van der Waals surface area contributed by atoms with Gasteiger partial charge in [-0.3, -0.25) is 5.10 Å². The number of nitrogens with zero attached hydrogens (tertiary/aromatic N) is 1. The molecular formula is C20H20N2O4. The lowest BCUT2D eigenvalue weighted by Gasteiger charge is -2.20. The minimum atomic E-state index is 0.583. The van der Waals surface area contributed by atoms with Gasteiger partial charge in [-0.2, -0.15) is 5.10 Å². The van der Waals surface area contributed by atoms with Crippen LogP contribution in [-0.4, -0.2) is 38.6 Å². The average molecular weight is 352 g/mol. The third kappa shape index (κ3) is 2.29. The number of rotatable bonds is 4. The zero-order valence-electron chi connectivity index (χ0n) is 15.2. The Morgan fingerprint density at radius 3 is 2.35 bits per heavy atom. The molecule has 3 aromatic rings. The molecule has 1 N–H and O–H groups in total. The summed E-state index contributed by atoms with van der Waals surface area (Å²) in [4.78, 5) is 0. The Hall–Kier alpha value is -3.15. The van der Waals surface area contributed by atoms with Crippen molar-refractivity contribution in [3.63, 3.8) is 0 Å². The van der Waals surface area contributed by atoms with Crippen molar-refractivity contribution in [2.24, 2.45) is 0 Å². The van der Waals surface area contributed by atoms with Crippen LogP contribution in [0.4, 0.5) is 0 Å². The maximum Gasteiger partial charge on any atom is 0.203 e. The first-order valence-corrected chi connectivity index (χ1v) is 8.24. The molecule has 0 radical (unpaired) electrons. The molecule has 6 heteroatoms. The summed E-state index contributed by atoms with van der Waals surface area (Å²) in [5, 5.41) is 7.36. The maximum absolute atomic E-state index is 5.76. The summed E-state index contributed by atoms with van der Waals surface area (Å²) in [5.74, 6) is 2.67. The van der Waals surface area contributed by atoms with Gasteiger partial charge in [0.1, 0.15) is 5.75 Å². The number of fused-ring (bicyclic) bond motifs is 5. The molecule has 1 aliphatic rings. The van der Waals surface area contributed by atoms with Crippen LogP contribution in [0, 0.1) is 0 Å². The lowest BCUT2D eigenvalue weighted by molar-refractivity contribution is 0.325. The molecule has 2 aromatic carbocycles. The SMILES string of the molecule is COc1ccc2c(c1)-c1[nH]ncc1Cc1cc(OC)c(OC)c(OC)c1-2. The van der Waals surface area contributed by atoms with Gasteiger partial charge in [0, 0.05) is 23.1 Å². The summed E-state index contributed by atoms with van der Waals surface area (Å²) in [6, 6.07) is 8.00. The van der Waals surface area contributed by atoms with E-state index < -0.39 is 0 Å². The number of hydrogen-bond donors (Lipinski definition) is 1. The van der Waals surface area contributed by atoms with Crippen LogP contribution >= 0.6 is 0 Å². The van der Waals surface area contributed by atoms with Crippen LogP contribution in [-0.2, 0) is 6.42 Å². The Morgan fingerprint density at radius 2 is 1.65 bits per heavy atom. The van der Waals surface area contributed by atoms with Gasteiger partial charge in [-0.15, -0.1) is 0 Å². The van der Waals surface area contributed by atoms with Crippen LogP contribution < -0.4 is 18.9 Å². The van der Waals surface area contributed by atoms with E-state index in [1.165, 1.54) is 0 Å². The van der Waals surface area contributed by atoms with Crippen LogP contribution in [0.1, 0.15) is 11.1 Å². The molecule has 0 saturated heterocycles. The first-order chi connectivity index (χ1) is 12.7. The second-order valence-corrected chi connectivity index (χ2v) is 6.04. The molecule has 0 spiro atoms. The molecule has 6 nitrogen and oxygen atoms in total. The van der Waals surface area contributed by atoms with E-state index in [4.69, 9.17) is 18.9 Å². The zero-order chi connectivity index (χ0) is 18.3. The minimum absolute atomic E-state index is 0.583. The van der Waals surface area contributed by atoms with Gasteiger partial charge in [-0.1, -0.05) is 0 Å². The molecule has 0 unspecified atom stereocenters. The van der Waals surface area contributed by atoms with Crippen LogP contribution in [0.15, 0.2) is 30.5 Å².